The number of rotatable bonds is 4. The molecule has 0 aliphatic carbocycles. The normalized spacial score (nSPS) is 12.3. The second-order valence-electron chi connectivity index (χ2n) is 6.16. The van der Waals surface area contributed by atoms with Gasteiger partial charge in [-0.3, -0.25) is 4.79 Å². The van der Waals surface area contributed by atoms with Gasteiger partial charge in [-0.25, -0.2) is 19.0 Å². The minimum Gasteiger partial charge on any atom is -0.309 e. The fourth-order valence-electron chi connectivity index (χ4n) is 2.75. The number of carbonyl (C=O) groups excluding carboxylic acids is 1. The Hall–Kier alpha value is -3.33. The van der Waals surface area contributed by atoms with Crippen molar-refractivity contribution in [3.8, 4) is 11.5 Å². The van der Waals surface area contributed by atoms with Crippen molar-refractivity contribution in [2.45, 2.75) is 19.2 Å². The van der Waals surface area contributed by atoms with Crippen LogP contribution < -0.4 is 5.32 Å². The first-order valence-electron chi connectivity index (χ1n) is 8.40. The van der Waals surface area contributed by atoms with Gasteiger partial charge in [0.1, 0.15) is 23.3 Å². The summed E-state index contributed by atoms with van der Waals surface area (Å²) in [5.41, 5.74) is 1.87. The van der Waals surface area contributed by atoms with E-state index in [4.69, 9.17) is 11.6 Å². The minimum absolute atomic E-state index is 0.337. The lowest BCUT2D eigenvalue weighted by Crippen LogP contribution is -2.22. The number of hydrogen-bond acceptors (Lipinski definition) is 5. The molecule has 4 aromatic rings. The van der Waals surface area contributed by atoms with Crippen molar-refractivity contribution in [2.75, 3.05) is 5.32 Å². The van der Waals surface area contributed by atoms with Crippen LogP contribution in [0.1, 0.15) is 12.6 Å². The number of fused-ring (bicyclic) bond motifs is 1. The van der Waals surface area contributed by atoms with Crippen LogP contribution in [0.25, 0.3) is 22.5 Å². The minimum atomic E-state index is -0.699. The van der Waals surface area contributed by atoms with Crippen molar-refractivity contribution in [2.24, 2.45) is 0 Å². The third kappa shape index (κ3) is 3.20. The highest BCUT2D eigenvalue weighted by atomic mass is 35.5. The molecule has 0 saturated carbocycles. The van der Waals surface area contributed by atoms with E-state index in [0.29, 0.717) is 34.1 Å². The van der Waals surface area contributed by atoms with Crippen molar-refractivity contribution in [3.05, 3.63) is 54.4 Å². The zero-order valence-electron chi connectivity index (χ0n) is 15.0. The number of anilines is 1. The van der Waals surface area contributed by atoms with E-state index in [9.17, 15) is 9.18 Å². The number of halogens is 2. The van der Waals surface area contributed by atoms with Gasteiger partial charge < -0.3 is 5.32 Å². The van der Waals surface area contributed by atoms with Gasteiger partial charge >= 0.3 is 0 Å². The maximum atomic E-state index is 13.2. The Morgan fingerprint density at radius 3 is 2.68 bits per heavy atom. The first-order valence-corrected chi connectivity index (χ1v) is 8.84. The molecule has 1 N–H and O–H groups in total. The van der Waals surface area contributed by atoms with E-state index in [1.807, 2.05) is 0 Å². The molecule has 1 amide bonds. The van der Waals surface area contributed by atoms with Crippen LogP contribution in [0.2, 0.25) is 0 Å². The number of nitrogens with zero attached hydrogens (tertiary/aromatic N) is 6. The molecule has 0 aliphatic rings. The molecule has 1 aromatic carbocycles. The molecule has 3 aromatic heterocycles. The van der Waals surface area contributed by atoms with Gasteiger partial charge in [0.05, 0.1) is 23.0 Å². The van der Waals surface area contributed by atoms with Gasteiger partial charge in [-0.2, -0.15) is 14.9 Å². The predicted octanol–water partition coefficient (Wildman–Crippen LogP) is 3.01. The Morgan fingerprint density at radius 1 is 1.21 bits per heavy atom. The summed E-state index contributed by atoms with van der Waals surface area (Å²) in [7, 11) is 0. The first-order chi connectivity index (χ1) is 13.4. The summed E-state index contributed by atoms with van der Waals surface area (Å²) in [6.07, 6.45) is 2.98. The van der Waals surface area contributed by atoms with E-state index in [-0.39, 0.29) is 11.7 Å². The van der Waals surface area contributed by atoms with Gasteiger partial charge in [-0.15, -0.1) is 11.6 Å². The van der Waals surface area contributed by atoms with Crippen molar-refractivity contribution in [3.63, 3.8) is 0 Å². The summed E-state index contributed by atoms with van der Waals surface area (Å²) < 4.78 is 16.3. The Kier molecular flexibility index (Phi) is 4.52. The topological polar surface area (TPSA) is 90.5 Å². The number of benzene rings is 1. The summed E-state index contributed by atoms with van der Waals surface area (Å²) in [4.78, 5) is 20.6. The molecule has 0 radical (unpaired) electrons. The Labute approximate surface area is 164 Å². The van der Waals surface area contributed by atoms with Gasteiger partial charge in [-0.05, 0) is 38.1 Å². The quantitative estimate of drug-likeness (QED) is 0.533. The number of hydrogen-bond donors (Lipinski definition) is 1. The zero-order valence-corrected chi connectivity index (χ0v) is 15.7. The van der Waals surface area contributed by atoms with Crippen molar-refractivity contribution < 1.29 is 9.18 Å². The summed E-state index contributed by atoms with van der Waals surface area (Å²) in [6.45, 7) is 3.39. The third-order valence-electron chi connectivity index (χ3n) is 4.06. The van der Waals surface area contributed by atoms with Gasteiger partial charge in [0, 0.05) is 6.07 Å². The Balaban J connectivity index is 1.83. The lowest BCUT2D eigenvalue weighted by atomic mass is 10.3. The van der Waals surface area contributed by atoms with Crippen LogP contribution in [0.3, 0.4) is 0 Å². The molecule has 1 unspecified atom stereocenters. The predicted molar refractivity (Wildman–Crippen MR) is 102 cm³/mol. The molecule has 142 valence electrons. The van der Waals surface area contributed by atoms with Crippen molar-refractivity contribution in [1.29, 1.82) is 0 Å². The van der Waals surface area contributed by atoms with Crippen LogP contribution in [-0.4, -0.2) is 40.8 Å². The number of nitrogens with one attached hydrogen (secondary N) is 1. The first kappa shape index (κ1) is 18.1. The number of carbonyl (C=O) groups is 1. The third-order valence-corrected chi connectivity index (χ3v) is 4.26. The van der Waals surface area contributed by atoms with Gasteiger partial charge in [0.25, 0.3) is 0 Å². The smallest absolute Gasteiger partial charge is 0.243 e. The maximum absolute atomic E-state index is 13.2. The van der Waals surface area contributed by atoms with E-state index < -0.39 is 5.38 Å². The van der Waals surface area contributed by atoms with E-state index in [0.717, 1.165) is 0 Å². The van der Waals surface area contributed by atoms with Gasteiger partial charge in [-0.1, -0.05) is 0 Å². The lowest BCUT2D eigenvalue weighted by molar-refractivity contribution is -0.115. The van der Waals surface area contributed by atoms with E-state index in [2.05, 4.69) is 25.5 Å². The summed E-state index contributed by atoms with van der Waals surface area (Å²) in [6, 6.07) is 7.63. The van der Waals surface area contributed by atoms with Crippen LogP contribution in [0, 0.1) is 12.7 Å². The molecule has 28 heavy (non-hydrogen) atoms. The molecule has 0 aliphatic heterocycles. The largest absolute Gasteiger partial charge is 0.309 e. The lowest BCUT2D eigenvalue weighted by Gasteiger charge is -2.10. The SMILES string of the molecule is Cc1cc(NC(=O)C(C)Cl)n(-c2ncnc3c2cnn3-c2ccc(F)cc2)n1. The summed E-state index contributed by atoms with van der Waals surface area (Å²) in [5, 5.41) is 11.4. The molecule has 8 nitrogen and oxygen atoms in total. The molecule has 0 fully saturated rings. The fraction of sp³-hybridized carbons (Fsp3) is 0.167. The van der Waals surface area contributed by atoms with Gasteiger partial charge in [0.15, 0.2) is 11.5 Å². The molecule has 0 spiro atoms. The molecule has 1 atom stereocenters. The molecule has 4 rings (SSSR count). The average molecular weight is 400 g/mol. The highest BCUT2D eigenvalue weighted by Crippen LogP contribution is 2.24. The molecule has 3 heterocycles. The maximum Gasteiger partial charge on any atom is 0.243 e. The zero-order chi connectivity index (χ0) is 19.8. The van der Waals surface area contributed by atoms with Crippen molar-refractivity contribution >= 4 is 34.4 Å². The Morgan fingerprint density at radius 2 is 1.96 bits per heavy atom. The second kappa shape index (κ2) is 7.01. The number of alkyl halides is 1. The number of aryl methyl sites for hydroxylation is 1. The van der Waals surface area contributed by atoms with Crippen LogP contribution in [-0.2, 0) is 4.79 Å². The molecule has 0 bridgehead atoms. The van der Waals surface area contributed by atoms with Crippen LogP contribution in [0.5, 0.6) is 0 Å². The molecular weight excluding hydrogens is 385 g/mol. The second-order valence-corrected chi connectivity index (χ2v) is 6.81. The summed E-state index contributed by atoms with van der Waals surface area (Å²) >= 11 is 5.85. The van der Waals surface area contributed by atoms with E-state index in [1.54, 1.807) is 42.9 Å². The average Bonchev–Trinajstić information content (AvgIpc) is 3.25. The van der Waals surface area contributed by atoms with Crippen LogP contribution in [0.15, 0.2) is 42.9 Å². The highest BCUT2D eigenvalue weighted by molar-refractivity contribution is 6.32. The Bertz CT molecular complexity index is 1170. The van der Waals surface area contributed by atoms with Gasteiger partial charge in [0.2, 0.25) is 5.91 Å². The van der Waals surface area contributed by atoms with Crippen molar-refractivity contribution in [1.82, 2.24) is 29.5 Å². The number of amides is 1. The van der Waals surface area contributed by atoms with E-state index in [1.165, 1.54) is 23.1 Å². The van der Waals surface area contributed by atoms with Crippen LogP contribution >= 0.6 is 11.6 Å². The van der Waals surface area contributed by atoms with Crippen LogP contribution in [0.4, 0.5) is 10.2 Å². The highest BCUT2D eigenvalue weighted by Gasteiger charge is 2.18. The molecular formula is C18H15ClFN7O. The monoisotopic (exact) mass is 399 g/mol. The molecule has 0 saturated heterocycles. The summed E-state index contributed by atoms with van der Waals surface area (Å²) in [5.74, 6) is 0.195. The number of aromatic nitrogens is 6. The molecule has 10 heteroatoms. The fourth-order valence-corrected chi connectivity index (χ4v) is 2.80. The standard InChI is InChI=1S/C18H15ClFN7O/c1-10-7-15(24-18(28)11(2)19)27(25-10)17-14-8-23-26(16(14)21-9-22-17)13-5-3-12(20)4-6-13/h3-9,11H,1-2H3,(H,24,28). The van der Waals surface area contributed by atoms with E-state index >= 15 is 0 Å².